The molecule has 1 aliphatic rings. The average molecular weight is 285 g/mol. The molecule has 0 aliphatic carbocycles. The van der Waals surface area contributed by atoms with Gasteiger partial charge in [-0.25, -0.2) is 0 Å². The minimum Gasteiger partial charge on any atom is -0.378 e. The van der Waals surface area contributed by atoms with Crippen molar-refractivity contribution in [2.45, 2.75) is 44.8 Å². The van der Waals surface area contributed by atoms with Crippen molar-refractivity contribution in [2.24, 2.45) is 5.84 Å². The zero-order valence-corrected chi connectivity index (χ0v) is 12.5. The summed E-state index contributed by atoms with van der Waals surface area (Å²) in [5, 5.41) is 1.18. The number of fused-ring (bicyclic) bond motifs is 1. The molecule has 2 aromatic rings. The second-order valence-corrected chi connectivity index (χ2v) is 5.80. The number of nitrogens with two attached hydrogens (primary N) is 1. The standard InChI is InChI=1S/C17H23N3O/c1-12-11-15(14-6-2-3-7-16(14)19-12)17(20-18)9-8-13-5-4-10-21-13/h2-3,6-7,11,13,17,20H,4-5,8-10,18H2,1H3. The number of ether oxygens (including phenoxy) is 1. The summed E-state index contributed by atoms with van der Waals surface area (Å²) in [5.41, 5.74) is 6.27. The lowest BCUT2D eigenvalue weighted by atomic mass is 9.96. The predicted octanol–water partition coefficient (Wildman–Crippen LogP) is 3.01. The summed E-state index contributed by atoms with van der Waals surface area (Å²) in [6.45, 7) is 2.94. The number of nitrogens with one attached hydrogen (secondary N) is 1. The fraction of sp³-hybridized carbons (Fsp3) is 0.471. The summed E-state index contributed by atoms with van der Waals surface area (Å²) < 4.78 is 5.71. The van der Waals surface area contributed by atoms with Gasteiger partial charge in [0, 0.05) is 23.7 Å². The maximum Gasteiger partial charge on any atom is 0.0708 e. The van der Waals surface area contributed by atoms with Crippen molar-refractivity contribution in [1.82, 2.24) is 10.4 Å². The second-order valence-electron chi connectivity index (χ2n) is 5.80. The van der Waals surface area contributed by atoms with E-state index in [4.69, 9.17) is 10.6 Å². The summed E-state index contributed by atoms with van der Waals surface area (Å²) >= 11 is 0. The highest BCUT2D eigenvalue weighted by molar-refractivity contribution is 5.82. The van der Waals surface area contributed by atoms with Crippen LogP contribution in [0.15, 0.2) is 30.3 Å². The Kier molecular flexibility index (Phi) is 4.48. The number of aromatic nitrogens is 1. The molecule has 2 heterocycles. The van der Waals surface area contributed by atoms with Gasteiger partial charge in [-0.2, -0.15) is 0 Å². The zero-order chi connectivity index (χ0) is 14.7. The number of benzene rings is 1. The Morgan fingerprint density at radius 3 is 3.05 bits per heavy atom. The highest BCUT2D eigenvalue weighted by Gasteiger charge is 2.19. The van der Waals surface area contributed by atoms with Crippen LogP contribution in [0.4, 0.5) is 0 Å². The minimum absolute atomic E-state index is 0.140. The zero-order valence-electron chi connectivity index (χ0n) is 12.5. The van der Waals surface area contributed by atoms with E-state index in [1.807, 2.05) is 13.0 Å². The van der Waals surface area contributed by atoms with Crippen LogP contribution in [0, 0.1) is 6.92 Å². The number of hydrogen-bond acceptors (Lipinski definition) is 4. The highest BCUT2D eigenvalue weighted by Crippen LogP contribution is 2.28. The van der Waals surface area contributed by atoms with Gasteiger partial charge in [-0.05, 0) is 50.3 Å². The summed E-state index contributed by atoms with van der Waals surface area (Å²) in [6, 6.07) is 10.5. The molecule has 4 heteroatoms. The van der Waals surface area contributed by atoms with Gasteiger partial charge in [0.15, 0.2) is 0 Å². The monoisotopic (exact) mass is 285 g/mol. The molecule has 112 valence electrons. The minimum atomic E-state index is 0.140. The molecular weight excluding hydrogens is 262 g/mol. The third-order valence-corrected chi connectivity index (χ3v) is 4.25. The third kappa shape index (κ3) is 3.23. The van der Waals surface area contributed by atoms with Crippen molar-refractivity contribution in [3.63, 3.8) is 0 Å². The lowest BCUT2D eigenvalue weighted by Gasteiger charge is -2.20. The van der Waals surface area contributed by atoms with Crippen molar-refractivity contribution < 1.29 is 4.74 Å². The quantitative estimate of drug-likeness (QED) is 0.655. The van der Waals surface area contributed by atoms with Gasteiger partial charge >= 0.3 is 0 Å². The molecule has 1 fully saturated rings. The third-order valence-electron chi connectivity index (χ3n) is 4.25. The molecule has 3 rings (SSSR count). The molecule has 1 aromatic heterocycles. The number of nitrogens with zero attached hydrogens (tertiary/aromatic N) is 1. The van der Waals surface area contributed by atoms with Gasteiger partial charge < -0.3 is 4.74 Å². The highest BCUT2D eigenvalue weighted by atomic mass is 16.5. The molecule has 1 aliphatic heterocycles. The van der Waals surface area contributed by atoms with Gasteiger partial charge in [0.1, 0.15) is 0 Å². The Balaban J connectivity index is 1.85. The molecule has 3 N–H and O–H groups in total. The largest absolute Gasteiger partial charge is 0.378 e. The molecule has 1 saturated heterocycles. The molecule has 1 aromatic carbocycles. The summed E-state index contributed by atoms with van der Waals surface area (Å²) in [4.78, 5) is 4.60. The van der Waals surface area contributed by atoms with Crippen molar-refractivity contribution in [3.05, 3.63) is 41.6 Å². The molecule has 0 bridgehead atoms. The Morgan fingerprint density at radius 1 is 1.43 bits per heavy atom. The number of hydrogen-bond donors (Lipinski definition) is 2. The summed E-state index contributed by atoms with van der Waals surface area (Å²) in [7, 11) is 0. The van der Waals surface area contributed by atoms with Gasteiger partial charge in [-0.3, -0.25) is 16.3 Å². The van der Waals surface area contributed by atoms with E-state index in [0.29, 0.717) is 6.10 Å². The maximum absolute atomic E-state index is 5.82. The molecule has 4 nitrogen and oxygen atoms in total. The molecule has 2 atom stereocenters. The van der Waals surface area contributed by atoms with E-state index >= 15 is 0 Å². The van der Waals surface area contributed by atoms with Crippen molar-refractivity contribution in [1.29, 1.82) is 0 Å². The summed E-state index contributed by atoms with van der Waals surface area (Å²) in [6.07, 6.45) is 4.78. The van der Waals surface area contributed by atoms with Gasteiger partial charge in [0.2, 0.25) is 0 Å². The molecular formula is C17H23N3O. The molecule has 21 heavy (non-hydrogen) atoms. The SMILES string of the molecule is Cc1cc(C(CCC2CCCO2)NN)c2ccccc2n1. The first-order chi connectivity index (χ1) is 10.3. The number of rotatable bonds is 5. The van der Waals surface area contributed by atoms with E-state index in [1.54, 1.807) is 0 Å². The topological polar surface area (TPSA) is 60.2 Å². The lowest BCUT2D eigenvalue weighted by Crippen LogP contribution is -2.29. The van der Waals surface area contributed by atoms with Gasteiger partial charge in [0.05, 0.1) is 11.6 Å². The predicted molar refractivity (Wildman–Crippen MR) is 84.8 cm³/mol. The van der Waals surface area contributed by atoms with Crippen LogP contribution < -0.4 is 11.3 Å². The van der Waals surface area contributed by atoms with Crippen LogP contribution in [0.1, 0.15) is 43.0 Å². The number of para-hydroxylation sites is 1. The van der Waals surface area contributed by atoms with Crippen LogP contribution in [0.2, 0.25) is 0 Å². The first kappa shape index (κ1) is 14.4. The van der Waals surface area contributed by atoms with Crippen molar-refractivity contribution in [3.8, 4) is 0 Å². The van der Waals surface area contributed by atoms with E-state index in [1.165, 1.54) is 23.8 Å². The van der Waals surface area contributed by atoms with E-state index in [0.717, 1.165) is 30.7 Å². The second kappa shape index (κ2) is 6.52. The Hall–Kier alpha value is -1.49. The number of hydrazine groups is 1. The first-order valence-electron chi connectivity index (χ1n) is 7.72. The maximum atomic E-state index is 5.82. The van der Waals surface area contributed by atoms with E-state index in [2.05, 4.69) is 34.7 Å². The van der Waals surface area contributed by atoms with Gasteiger partial charge in [-0.1, -0.05) is 18.2 Å². The molecule has 0 radical (unpaired) electrons. The molecule has 2 unspecified atom stereocenters. The summed E-state index contributed by atoms with van der Waals surface area (Å²) in [5.74, 6) is 5.82. The lowest BCUT2D eigenvalue weighted by molar-refractivity contribution is 0.0996. The van der Waals surface area contributed by atoms with Gasteiger partial charge in [0.25, 0.3) is 0 Å². The molecule has 0 spiro atoms. The van der Waals surface area contributed by atoms with Crippen LogP contribution >= 0.6 is 0 Å². The smallest absolute Gasteiger partial charge is 0.0708 e. The van der Waals surface area contributed by atoms with Crippen LogP contribution in [0.5, 0.6) is 0 Å². The first-order valence-corrected chi connectivity index (χ1v) is 7.72. The fourth-order valence-corrected chi connectivity index (χ4v) is 3.18. The van der Waals surface area contributed by atoms with Crippen molar-refractivity contribution >= 4 is 10.9 Å². The van der Waals surface area contributed by atoms with E-state index < -0.39 is 0 Å². The van der Waals surface area contributed by atoms with E-state index in [9.17, 15) is 0 Å². The van der Waals surface area contributed by atoms with E-state index in [-0.39, 0.29) is 6.04 Å². The Bertz CT molecular complexity index is 608. The van der Waals surface area contributed by atoms with Gasteiger partial charge in [-0.15, -0.1) is 0 Å². The van der Waals surface area contributed by atoms with Crippen LogP contribution in [0.25, 0.3) is 10.9 Å². The van der Waals surface area contributed by atoms with Crippen molar-refractivity contribution in [2.75, 3.05) is 6.61 Å². The average Bonchev–Trinajstić information content (AvgIpc) is 3.01. The molecule has 0 saturated carbocycles. The molecule has 0 amide bonds. The Labute approximate surface area is 125 Å². The number of pyridine rings is 1. The fourth-order valence-electron chi connectivity index (χ4n) is 3.18. The van der Waals surface area contributed by atoms with Crippen LogP contribution in [0.3, 0.4) is 0 Å². The normalized spacial score (nSPS) is 20.0. The Morgan fingerprint density at radius 2 is 2.29 bits per heavy atom. The van der Waals surface area contributed by atoms with Crippen LogP contribution in [-0.2, 0) is 4.74 Å². The van der Waals surface area contributed by atoms with Crippen LogP contribution in [-0.4, -0.2) is 17.7 Å². The number of aryl methyl sites for hydroxylation is 1.